The highest BCUT2D eigenvalue weighted by molar-refractivity contribution is 5.83. The second kappa shape index (κ2) is 8.19. The highest BCUT2D eigenvalue weighted by Crippen LogP contribution is 2.35. The van der Waals surface area contributed by atoms with Gasteiger partial charge < -0.3 is 16.4 Å². The molecule has 0 atom stereocenters. The van der Waals surface area contributed by atoms with E-state index in [0.29, 0.717) is 0 Å². The normalized spacial score (nSPS) is 10.7. The summed E-state index contributed by atoms with van der Waals surface area (Å²) in [7, 11) is 0. The van der Waals surface area contributed by atoms with E-state index in [1.807, 2.05) is 12.1 Å². The van der Waals surface area contributed by atoms with Crippen molar-refractivity contribution in [2.45, 2.75) is 13.8 Å². The second-order valence-electron chi connectivity index (χ2n) is 6.37. The SMILES string of the molecule is Cc1cccc(N(c2ccc(C=NN=C(N)N)cc2)c2cccc(C)c2)c1. The van der Waals surface area contributed by atoms with Gasteiger partial charge in [-0.15, -0.1) is 5.10 Å². The number of aryl methyl sites for hydroxylation is 2. The maximum atomic E-state index is 5.28. The van der Waals surface area contributed by atoms with Gasteiger partial charge in [-0.25, -0.2) is 0 Å². The first-order valence-corrected chi connectivity index (χ1v) is 8.68. The second-order valence-corrected chi connectivity index (χ2v) is 6.37. The first-order chi connectivity index (χ1) is 13.0. The molecule has 0 aliphatic carbocycles. The van der Waals surface area contributed by atoms with Crippen molar-refractivity contribution in [3.8, 4) is 0 Å². The Labute approximate surface area is 159 Å². The van der Waals surface area contributed by atoms with Crippen molar-refractivity contribution in [2.24, 2.45) is 21.7 Å². The molecule has 4 N–H and O–H groups in total. The molecule has 5 nitrogen and oxygen atoms in total. The molecule has 0 aliphatic rings. The lowest BCUT2D eigenvalue weighted by Gasteiger charge is -2.26. The van der Waals surface area contributed by atoms with Crippen molar-refractivity contribution in [3.63, 3.8) is 0 Å². The predicted octanol–water partition coefficient (Wildman–Crippen LogP) is 4.38. The summed E-state index contributed by atoms with van der Waals surface area (Å²) in [4.78, 5) is 2.23. The number of hydrogen-bond acceptors (Lipinski definition) is 3. The van der Waals surface area contributed by atoms with Gasteiger partial charge in [0, 0.05) is 17.1 Å². The van der Waals surface area contributed by atoms with Crippen LogP contribution in [-0.4, -0.2) is 12.2 Å². The molecule has 0 aromatic heterocycles. The van der Waals surface area contributed by atoms with Crippen LogP contribution in [0.1, 0.15) is 16.7 Å². The molecule has 0 heterocycles. The third-order valence-corrected chi connectivity index (χ3v) is 4.05. The number of benzene rings is 3. The van der Waals surface area contributed by atoms with Crippen LogP contribution in [0.2, 0.25) is 0 Å². The number of nitrogens with two attached hydrogens (primary N) is 2. The average Bonchev–Trinajstić information content (AvgIpc) is 2.63. The topological polar surface area (TPSA) is 80.0 Å². The number of nitrogens with zero attached hydrogens (tertiary/aromatic N) is 3. The molecule has 27 heavy (non-hydrogen) atoms. The maximum absolute atomic E-state index is 5.28. The maximum Gasteiger partial charge on any atom is 0.211 e. The molecule has 0 aliphatic heterocycles. The summed E-state index contributed by atoms with van der Waals surface area (Å²) >= 11 is 0. The molecule has 3 aromatic rings. The number of anilines is 3. The Morgan fingerprint density at radius 3 is 1.81 bits per heavy atom. The Kier molecular flexibility index (Phi) is 5.52. The summed E-state index contributed by atoms with van der Waals surface area (Å²) < 4.78 is 0. The van der Waals surface area contributed by atoms with Crippen molar-refractivity contribution in [3.05, 3.63) is 89.5 Å². The molecule has 136 valence electrons. The molecule has 0 saturated heterocycles. The van der Waals surface area contributed by atoms with E-state index in [1.165, 1.54) is 11.1 Å². The minimum Gasteiger partial charge on any atom is -0.369 e. The van der Waals surface area contributed by atoms with Crippen LogP contribution in [0, 0.1) is 13.8 Å². The Bertz CT molecular complexity index is 925. The van der Waals surface area contributed by atoms with E-state index in [0.717, 1.165) is 22.6 Å². The lowest BCUT2D eigenvalue weighted by atomic mass is 10.1. The fourth-order valence-electron chi connectivity index (χ4n) is 2.85. The molecule has 0 radical (unpaired) electrons. The van der Waals surface area contributed by atoms with Gasteiger partial charge in [-0.1, -0.05) is 36.4 Å². The zero-order valence-corrected chi connectivity index (χ0v) is 15.5. The van der Waals surface area contributed by atoms with Gasteiger partial charge in [0.15, 0.2) is 0 Å². The molecule has 0 saturated carbocycles. The first kappa shape index (κ1) is 18.2. The van der Waals surface area contributed by atoms with Gasteiger partial charge in [0.25, 0.3) is 0 Å². The summed E-state index contributed by atoms with van der Waals surface area (Å²) in [6.45, 7) is 4.20. The van der Waals surface area contributed by atoms with Gasteiger partial charge >= 0.3 is 0 Å². The van der Waals surface area contributed by atoms with Gasteiger partial charge in [-0.05, 0) is 66.9 Å². The molecule has 0 bridgehead atoms. The molecule has 5 heteroatoms. The third kappa shape index (κ3) is 4.73. The van der Waals surface area contributed by atoms with Gasteiger partial charge in [0.05, 0.1) is 6.21 Å². The van der Waals surface area contributed by atoms with E-state index in [9.17, 15) is 0 Å². The summed E-state index contributed by atoms with van der Waals surface area (Å²) in [5.74, 6) is -0.0621. The van der Waals surface area contributed by atoms with Gasteiger partial charge in [-0.2, -0.15) is 5.10 Å². The lowest BCUT2D eigenvalue weighted by Crippen LogP contribution is -2.21. The van der Waals surface area contributed by atoms with Crippen LogP contribution in [-0.2, 0) is 0 Å². The minimum absolute atomic E-state index is 0.0621. The van der Waals surface area contributed by atoms with E-state index in [-0.39, 0.29) is 5.96 Å². The van der Waals surface area contributed by atoms with E-state index < -0.39 is 0 Å². The van der Waals surface area contributed by atoms with Crippen LogP contribution in [0.5, 0.6) is 0 Å². The summed E-state index contributed by atoms with van der Waals surface area (Å²) in [5, 5.41) is 7.48. The van der Waals surface area contributed by atoms with Crippen LogP contribution in [0.3, 0.4) is 0 Å². The Morgan fingerprint density at radius 1 is 0.778 bits per heavy atom. The van der Waals surface area contributed by atoms with Crippen LogP contribution in [0.4, 0.5) is 17.1 Å². The van der Waals surface area contributed by atoms with Gasteiger partial charge in [0.2, 0.25) is 5.96 Å². The van der Waals surface area contributed by atoms with Gasteiger partial charge in [0.1, 0.15) is 0 Å². The van der Waals surface area contributed by atoms with Crippen molar-refractivity contribution in [1.29, 1.82) is 0 Å². The number of rotatable bonds is 5. The molecule has 0 amide bonds. The van der Waals surface area contributed by atoms with E-state index in [1.54, 1.807) is 6.21 Å². The molecule has 0 unspecified atom stereocenters. The highest BCUT2D eigenvalue weighted by atomic mass is 15.3. The van der Waals surface area contributed by atoms with Crippen LogP contribution in [0.25, 0.3) is 0 Å². The Hall–Kier alpha value is -3.60. The lowest BCUT2D eigenvalue weighted by molar-refractivity contribution is 1.21. The standard InChI is InChI=1S/C22H23N5/c1-16-5-3-7-20(13-16)27(21-8-4-6-17(2)14-21)19-11-9-18(10-12-19)15-25-26-22(23)24/h3-15H,1-2H3,(H4,23,24,26). The smallest absolute Gasteiger partial charge is 0.211 e. The quantitative estimate of drug-likeness (QED) is 0.404. The molecule has 0 spiro atoms. The van der Waals surface area contributed by atoms with E-state index >= 15 is 0 Å². The third-order valence-electron chi connectivity index (χ3n) is 4.05. The van der Waals surface area contributed by atoms with Crippen LogP contribution < -0.4 is 16.4 Å². The van der Waals surface area contributed by atoms with Crippen molar-refractivity contribution < 1.29 is 0 Å². The first-order valence-electron chi connectivity index (χ1n) is 8.68. The monoisotopic (exact) mass is 357 g/mol. The summed E-state index contributed by atoms with van der Waals surface area (Å²) in [5.41, 5.74) is 17.2. The molecule has 3 rings (SSSR count). The van der Waals surface area contributed by atoms with Crippen molar-refractivity contribution in [2.75, 3.05) is 4.90 Å². The molecule has 3 aromatic carbocycles. The average molecular weight is 357 g/mol. The number of guanidine groups is 1. The zero-order valence-electron chi connectivity index (χ0n) is 15.5. The number of hydrogen-bond donors (Lipinski definition) is 2. The van der Waals surface area contributed by atoms with Crippen molar-refractivity contribution >= 4 is 29.2 Å². The minimum atomic E-state index is -0.0621. The molecular weight excluding hydrogens is 334 g/mol. The Morgan fingerprint density at radius 2 is 1.33 bits per heavy atom. The summed E-state index contributed by atoms with van der Waals surface area (Å²) in [6, 6.07) is 25.0. The Balaban J connectivity index is 2.01. The van der Waals surface area contributed by atoms with Crippen LogP contribution in [0.15, 0.2) is 83.0 Å². The predicted molar refractivity (Wildman–Crippen MR) is 114 cm³/mol. The largest absolute Gasteiger partial charge is 0.369 e. The zero-order chi connectivity index (χ0) is 19.2. The van der Waals surface area contributed by atoms with Gasteiger partial charge in [-0.3, -0.25) is 0 Å². The highest BCUT2D eigenvalue weighted by Gasteiger charge is 2.12. The molecular formula is C22H23N5. The summed E-state index contributed by atoms with van der Waals surface area (Å²) in [6.07, 6.45) is 1.62. The van der Waals surface area contributed by atoms with Crippen LogP contribution >= 0.6 is 0 Å². The van der Waals surface area contributed by atoms with E-state index in [2.05, 4.69) is 89.6 Å². The molecule has 0 fully saturated rings. The fraction of sp³-hybridized carbons (Fsp3) is 0.0909. The fourth-order valence-corrected chi connectivity index (χ4v) is 2.85. The van der Waals surface area contributed by atoms with E-state index in [4.69, 9.17) is 11.5 Å². The van der Waals surface area contributed by atoms with Crippen molar-refractivity contribution in [1.82, 2.24) is 0 Å².